The van der Waals surface area contributed by atoms with Gasteiger partial charge in [-0.3, -0.25) is 4.90 Å². The molecule has 1 aliphatic heterocycles. The van der Waals surface area contributed by atoms with Crippen LogP contribution >= 0.6 is 11.3 Å². The maximum Gasteiger partial charge on any atom is 0.410 e. The van der Waals surface area contributed by atoms with Crippen LogP contribution in [0.1, 0.15) is 25.6 Å². The van der Waals surface area contributed by atoms with Crippen molar-refractivity contribution in [1.82, 2.24) is 14.5 Å². The van der Waals surface area contributed by atoms with Crippen LogP contribution in [-0.4, -0.2) is 69.2 Å². The van der Waals surface area contributed by atoms with Crippen LogP contribution in [0.4, 0.5) is 4.79 Å². The van der Waals surface area contributed by atoms with Crippen molar-refractivity contribution >= 4 is 27.5 Å². The number of amides is 1. The molecule has 1 fully saturated rings. The van der Waals surface area contributed by atoms with Crippen molar-refractivity contribution in [3.63, 3.8) is 0 Å². The van der Waals surface area contributed by atoms with Gasteiger partial charge in [0, 0.05) is 44.1 Å². The summed E-state index contributed by atoms with van der Waals surface area (Å²) in [6, 6.07) is 3.43. The molecular formula is C16H27N3O4S2. The summed E-state index contributed by atoms with van der Waals surface area (Å²) < 4.78 is 32.7. The minimum atomic E-state index is -3.43. The number of sulfonamides is 1. The average molecular weight is 390 g/mol. The Morgan fingerprint density at radius 1 is 1.24 bits per heavy atom. The first kappa shape index (κ1) is 20.2. The number of carbonyl (C=O) groups excluding carboxylic acids is 1. The molecule has 0 unspecified atom stereocenters. The van der Waals surface area contributed by atoms with Gasteiger partial charge in [-0.2, -0.15) is 0 Å². The van der Waals surface area contributed by atoms with Gasteiger partial charge in [-0.15, -0.1) is 11.3 Å². The van der Waals surface area contributed by atoms with Gasteiger partial charge in [-0.1, -0.05) is 0 Å². The molecule has 0 aliphatic carbocycles. The zero-order valence-corrected chi connectivity index (χ0v) is 16.9. The molecule has 0 bridgehead atoms. The lowest BCUT2D eigenvalue weighted by Crippen LogP contribution is -2.51. The molecule has 1 aromatic heterocycles. The maximum atomic E-state index is 12.2. The molecule has 0 atom stereocenters. The summed E-state index contributed by atoms with van der Waals surface area (Å²) in [7, 11) is -3.43. The second kappa shape index (κ2) is 8.03. The van der Waals surface area contributed by atoms with Crippen molar-refractivity contribution in [2.24, 2.45) is 0 Å². The normalized spacial score (nSPS) is 16.9. The van der Waals surface area contributed by atoms with Crippen molar-refractivity contribution in [1.29, 1.82) is 0 Å². The third kappa shape index (κ3) is 6.25. The topological polar surface area (TPSA) is 79.0 Å². The van der Waals surface area contributed by atoms with Crippen LogP contribution in [0.3, 0.4) is 0 Å². The Morgan fingerprint density at radius 3 is 2.40 bits per heavy atom. The molecule has 0 spiro atoms. The van der Waals surface area contributed by atoms with Gasteiger partial charge in [-0.05, 0) is 39.8 Å². The lowest BCUT2D eigenvalue weighted by atomic mass is 10.2. The van der Waals surface area contributed by atoms with E-state index in [0.29, 0.717) is 43.5 Å². The minimum absolute atomic E-state index is 0.291. The lowest BCUT2D eigenvalue weighted by molar-refractivity contribution is 0.0147. The summed E-state index contributed by atoms with van der Waals surface area (Å²) in [6.07, 6.45) is -0.291. The summed E-state index contributed by atoms with van der Waals surface area (Å²) in [4.78, 5) is 16.8. The zero-order chi connectivity index (χ0) is 18.7. The number of aryl methyl sites for hydroxylation is 1. The number of rotatable bonds is 5. The quantitative estimate of drug-likeness (QED) is 0.832. The fraction of sp³-hybridized carbons (Fsp3) is 0.688. The molecule has 0 aromatic carbocycles. The Morgan fingerprint density at radius 2 is 1.88 bits per heavy atom. The summed E-state index contributed by atoms with van der Waals surface area (Å²) in [5.41, 5.74) is -0.493. The number of nitrogens with one attached hydrogen (secondary N) is 1. The Kier molecular flexibility index (Phi) is 6.47. The molecule has 9 heteroatoms. The van der Waals surface area contributed by atoms with Crippen LogP contribution in [-0.2, 0) is 14.8 Å². The molecule has 25 heavy (non-hydrogen) atoms. The van der Waals surface area contributed by atoms with Gasteiger partial charge >= 0.3 is 6.09 Å². The van der Waals surface area contributed by atoms with E-state index >= 15 is 0 Å². The van der Waals surface area contributed by atoms with Crippen molar-refractivity contribution in [2.75, 3.05) is 39.3 Å². The standard InChI is InChI=1S/C16H27N3O4S2/c1-13-5-6-14(24-13)25(21,22)17-7-8-18-9-11-19(12-10-18)15(20)23-16(2,3)4/h5-6,17H,7-12H2,1-4H3. The maximum absolute atomic E-state index is 12.2. The van der Waals surface area contributed by atoms with E-state index in [1.807, 2.05) is 27.7 Å². The summed E-state index contributed by atoms with van der Waals surface area (Å²) in [5.74, 6) is 0. The van der Waals surface area contributed by atoms with Crippen LogP contribution in [0.2, 0.25) is 0 Å². The highest BCUT2D eigenvalue weighted by atomic mass is 32.2. The van der Waals surface area contributed by atoms with Gasteiger partial charge in [0.25, 0.3) is 0 Å². The summed E-state index contributed by atoms with van der Waals surface area (Å²) in [6.45, 7) is 11.0. The first-order chi connectivity index (χ1) is 11.6. The number of thiophene rings is 1. The van der Waals surface area contributed by atoms with Crippen LogP contribution in [0, 0.1) is 6.92 Å². The number of hydrogen-bond donors (Lipinski definition) is 1. The van der Waals surface area contributed by atoms with E-state index in [-0.39, 0.29) is 6.09 Å². The van der Waals surface area contributed by atoms with E-state index in [1.54, 1.807) is 17.0 Å². The van der Waals surface area contributed by atoms with Crippen molar-refractivity contribution in [2.45, 2.75) is 37.5 Å². The lowest BCUT2D eigenvalue weighted by Gasteiger charge is -2.35. The van der Waals surface area contributed by atoms with Gasteiger partial charge in [0.2, 0.25) is 10.0 Å². The van der Waals surface area contributed by atoms with Crippen molar-refractivity contribution in [3.05, 3.63) is 17.0 Å². The van der Waals surface area contributed by atoms with Crippen molar-refractivity contribution < 1.29 is 17.9 Å². The number of carbonyl (C=O) groups is 1. The molecule has 142 valence electrons. The van der Waals surface area contributed by atoms with Crippen molar-refractivity contribution in [3.8, 4) is 0 Å². The summed E-state index contributed by atoms with van der Waals surface area (Å²) >= 11 is 1.27. The highest BCUT2D eigenvalue weighted by Crippen LogP contribution is 2.20. The molecule has 1 N–H and O–H groups in total. The number of ether oxygens (including phenoxy) is 1. The Balaban J connectivity index is 1.73. The van der Waals surface area contributed by atoms with E-state index in [4.69, 9.17) is 4.74 Å². The average Bonchev–Trinajstić information content (AvgIpc) is 2.93. The molecule has 1 amide bonds. The molecule has 2 heterocycles. The van der Waals surface area contributed by atoms with Gasteiger partial charge in [0.15, 0.2) is 0 Å². The van der Waals surface area contributed by atoms with Gasteiger partial charge in [0.05, 0.1) is 0 Å². The Bertz CT molecular complexity index is 686. The number of piperazine rings is 1. The van der Waals surface area contributed by atoms with E-state index in [9.17, 15) is 13.2 Å². The third-order valence-corrected chi connectivity index (χ3v) is 6.68. The van der Waals surface area contributed by atoms with Crippen LogP contribution in [0.5, 0.6) is 0 Å². The summed E-state index contributed by atoms with van der Waals surface area (Å²) in [5, 5.41) is 0. The predicted molar refractivity (Wildman–Crippen MR) is 98.5 cm³/mol. The number of nitrogens with zero attached hydrogens (tertiary/aromatic N) is 2. The molecule has 7 nitrogen and oxygen atoms in total. The van der Waals surface area contributed by atoms with Crippen LogP contribution in [0.15, 0.2) is 16.3 Å². The van der Waals surface area contributed by atoms with E-state index in [1.165, 1.54) is 11.3 Å². The first-order valence-corrected chi connectivity index (χ1v) is 10.6. The van der Waals surface area contributed by atoms with Gasteiger partial charge in [-0.25, -0.2) is 17.9 Å². The predicted octanol–water partition coefficient (Wildman–Crippen LogP) is 1.89. The molecule has 0 radical (unpaired) electrons. The highest BCUT2D eigenvalue weighted by Gasteiger charge is 2.26. The van der Waals surface area contributed by atoms with E-state index in [2.05, 4.69) is 9.62 Å². The first-order valence-electron chi connectivity index (χ1n) is 8.33. The van der Waals surface area contributed by atoms with Gasteiger partial charge < -0.3 is 9.64 Å². The Hall–Kier alpha value is -1.16. The fourth-order valence-corrected chi connectivity index (χ4v) is 4.80. The van der Waals surface area contributed by atoms with Crippen LogP contribution in [0.25, 0.3) is 0 Å². The monoisotopic (exact) mass is 389 g/mol. The van der Waals surface area contributed by atoms with Gasteiger partial charge in [0.1, 0.15) is 9.81 Å². The van der Waals surface area contributed by atoms with Crippen LogP contribution < -0.4 is 4.72 Å². The third-order valence-electron chi connectivity index (χ3n) is 3.72. The molecule has 0 saturated carbocycles. The largest absolute Gasteiger partial charge is 0.444 e. The second-order valence-corrected chi connectivity index (χ2v) is 10.4. The Labute approximate surface area is 154 Å². The highest BCUT2D eigenvalue weighted by molar-refractivity contribution is 7.91. The fourth-order valence-electron chi connectivity index (χ4n) is 2.45. The zero-order valence-electron chi connectivity index (χ0n) is 15.2. The minimum Gasteiger partial charge on any atom is -0.444 e. The SMILES string of the molecule is Cc1ccc(S(=O)(=O)NCCN2CCN(C(=O)OC(C)(C)C)CC2)s1. The molecule has 1 saturated heterocycles. The van der Waals surface area contributed by atoms with E-state index in [0.717, 1.165) is 4.88 Å². The smallest absolute Gasteiger partial charge is 0.410 e. The molecular weight excluding hydrogens is 362 g/mol. The second-order valence-electron chi connectivity index (χ2n) is 7.07. The molecule has 1 aromatic rings. The van der Waals surface area contributed by atoms with E-state index < -0.39 is 15.6 Å². The number of hydrogen-bond acceptors (Lipinski definition) is 6. The molecule has 2 rings (SSSR count). The molecule has 1 aliphatic rings.